The molecule has 1 saturated heterocycles. The van der Waals surface area contributed by atoms with Crippen molar-refractivity contribution in [1.29, 1.82) is 0 Å². The molecule has 0 spiro atoms. The highest BCUT2D eigenvalue weighted by molar-refractivity contribution is 7.68. The van der Waals surface area contributed by atoms with Crippen molar-refractivity contribution in [1.82, 2.24) is 24.6 Å². The summed E-state index contributed by atoms with van der Waals surface area (Å²) in [5.41, 5.74) is 6.39. The maximum Gasteiger partial charge on any atom is 0.490 e. The molecule has 2 aromatic carbocycles. The number of fused-ring (bicyclic) bond motifs is 1. The van der Waals surface area contributed by atoms with E-state index in [0.717, 1.165) is 10.9 Å². The SMILES string of the molecule is CC(NP(=O)(Oc1ccccc1)OP(=O)(O)OP(=O)(O)OC[C@H]1O[C@@H](n2cnc3c(N)nc(Cl)nc32)[C@@H](F)[C@@H]1O)C(=O)OCc1ccccc1. The van der Waals surface area contributed by atoms with Crippen molar-refractivity contribution in [3.63, 3.8) is 0 Å². The lowest BCUT2D eigenvalue weighted by Gasteiger charge is -2.25. The molecule has 8 atom stereocenters. The van der Waals surface area contributed by atoms with Crippen LogP contribution in [0.25, 0.3) is 11.2 Å². The van der Waals surface area contributed by atoms with Gasteiger partial charge in [0.25, 0.3) is 0 Å². The van der Waals surface area contributed by atoms with Crippen LogP contribution < -0.4 is 15.3 Å². The Morgan fingerprint density at radius 2 is 1.74 bits per heavy atom. The van der Waals surface area contributed by atoms with Crippen molar-refractivity contribution >= 4 is 57.9 Å². The van der Waals surface area contributed by atoms with E-state index in [1.165, 1.54) is 31.2 Å². The molecule has 24 heteroatoms. The Balaban J connectivity index is 1.24. The number of alkyl halides is 1. The molecule has 3 heterocycles. The predicted octanol–water partition coefficient (Wildman–Crippen LogP) is 3.82. The molecule has 5 rings (SSSR count). The first-order valence-corrected chi connectivity index (χ1v) is 19.1. The lowest BCUT2D eigenvalue weighted by molar-refractivity contribution is -0.146. The predicted molar refractivity (Wildman–Crippen MR) is 171 cm³/mol. The van der Waals surface area contributed by atoms with Gasteiger partial charge in [0.15, 0.2) is 23.9 Å². The number of rotatable bonds is 15. The van der Waals surface area contributed by atoms with Gasteiger partial charge in [-0.3, -0.25) is 13.9 Å². The number of nitrogens with zero attached hydrogens (tertiary/aromatic N) is 4. The maximum atomic E-state index is 15.1. The first-order chi connectivity index (χ1) is 23.5. The lowest BCUT2D eigenvalue weighted by Crippen LogP contribution is -2.34. The van der Waals surface area contributed by atoms with Gasteiger partial charge in [-0.05, 0) is 36.2 Å². The summed E-state index contributed by atoms with van der Waals surface area (Å²) in [4.78, 5) is 44.9. The zero-order valence-corrected chi connectivity index (χ0v) is 29.0. The molecule has 6 N–H and O–H groups in total. The number of para-hydroxylation sites is 1. The van der Waals surface area contributed by atoms with Gasteiger partial charge in [0, 0.05) is 0 Å². The number of halogens is 2. The van der Waals surface area contributed by atoms with E-state index in [0.29, 0.717) is 5.56 Å². The van der Waals surface area contributed by atoms with Crippen LogP contribution in [0.4, 0.5) is 10.2 Å². The number of anilines is 1. The number of aliphatic hydroxyl groups excluding tert-OH is 1. The monoisotopic (exact) mass is 780 g/mol. The normalized spacial score (nSPS) is 23.4. The molecule has 1 aliphatic rings. The van der Waals surface area contributed by atoms with Crippen molar-refractivity contribution in [2.75, 3.05) is 12.3 Å². The Labute approximate surface area is 287 Å². The highest BCUT2D eigenvalue weighted by atomic mass is 35.5. The molecule has 0 radical (unpaired) electrons. The van der Waals surface area contributed by atoms with Gasteiger partial charge in [0.1, 0.15) is 36.1 Å². The number of imidazole rings is 1. The Kier molecular flexibility index (Phi) is 11.7. The number of hydrogen-bond acceptors (Lipinski definition) is 15. The van der Waals surface area contributed by atoms with Gasteiger partial charge < -0.3 is 34.6 Å². The minimum absolute atomic E-state index is 0.0482. The van der Waals surface area contributed by atoms with Crippen molar-refractivity contribution in [2.45, 2.75) is 44.2 Å². The van der Waals surface area contributed by atoms with Crippen LogP contribution in [-0.2, 0) is 47.7 Å². The van der Waals surface area contributed by atoms with Gasteiger partial charge in [0.05, 0.1) is 12.9 Å². The maximum absolute atomic E-state index is 15.1. The van der Waals surface area contributed by atoms with Crippen LogP contribution in [0, 0.1) is 0 Å². The highest BCUT2D eigenvalue weighted by Gasteiger charge is 2.49. The summed E-state index contributed by atoms with van der Waals surface area (Å²) in [7, 11) is -16.6. The molecule has 2 aromatic heterocycles. The molecular formula is C26H29ClFN6O13P3. The van der Waals surface area contributed by atoms with Crippen molar-refractivity contribution < 1.29 is 64.9 Å². The molecule has 0 aliphatic carbocycles. The number of carbonyl (C=O) groups is 1. The minimum Gasteiger partial charge on any atom is -0.460 e. The fourth-order valence-corrected chi connectivity index (χ4v) is 9.03. The number of nitrogens with two attached hydrogens (primary N) is 1. The number of benzene rings is 2. The Bertz CT molecular complexity index is 1970. The van der Waals surface area contributed by atoms with Crippen LogP contribution in [0.1, 0.15) is 18.7 Å². The Hall–Kier alpha value is -3.35. The zero-order chi connectivity index (χ0) is 36.3. The second kappa shape index (κ2) is 15.5. The van der Waals surface area contributed by atoms with Crippen molar-refractivity contribution in [2.24, 2.45) is 0 Å². The summed E-state index contributed by atoms with van der Waals surface area (Å²) in [6, 6.07) is 14.1. The van der Waals surface area contributed by atoms with Crippen molar-refractivity contribution in [3.05, 3.63) is 77.8 Å². The largest absolute Gasteiger partial charge is 0.490 e. The van der Waals surface area contributed by atoms with Crippen molar-refractivity contribution in [3.8, 4) is 5.75 Å². The van der Waals surface area contributed by atoms with E-state index < -0.39 is 66.6 Å². The Morgan fingerprint density at radius 3 is 2.42 bits per heavy atom. The average Bonchev–Trinajstić information content (AvgIpc) is 3.58. The third kappa shape index (κ3) is 9.50. The molecule has 0 amide bonds. The number of phosphoric acid groups is 2. The summed E-state index contributed by atoms with van der Waals surface area (Å²) in [6.07, 6.45) is -6.30. The van der Waals surface area contributed by atoms with Gasteiger partial charge in [-0.25, -0.2) is 23.1 Å². The molecule has 1 aliphatic heterocycles. The van der Waals surface area contributed by atoms with Crippen LogP contribution in [-0.4, -0.2) is 71.4 Å². The second-order valence-electron chi connectivity index (χ2n) is 10.4. The summed E-state index contributed by atoms with van der Waals surface area (Å²) in [5, 5.41) is 12.3. The fraction of sp³-hybridized carbons (Fsp3) is 0.308. The van der Waals surface area contributed by atoms with E-state index in [9.17, 15) is 33.4 Å². The third-order valence-corrected chi connectivity index (χ3v) is 11.8. The number of carbonyl (C=O) groups excluding carboxylic acids is 1. The van der Waals surface area contributed by atoms with E-state index in [1.807, 2.05) is 0 Å². The molecule has 270 valence electrons. The lowest BCUT2D eigenvalue weighted by atomic mass is 10.1. The summed E-state index contributed by atoms with van der Waals surface area (Å²) < 4.78 is 85.1. The van der Waals surface area contributed by atoms with Gasteiger partial charge >= 0.3 is 29.4 Å². The smallest absolute Gasteiger partial charge is 0.460 e. The average molecular weight is 781 g/mol. The number of aliphatic hydroxyl groups is 1. The van der Waals surface area contributed by atoms with E-state index in [1.54, 1.807) is 36.4 Å². The molecular weight excluding hydrogens is 752 g/mol. The van der Waals surface area contributed by atoms with E-state index in [2.05, 4.69) is 24.3 Å². The molecule has 0 bridgehead atoms. The van der Waals surface area contributed by atoms with Crippen LogP contribution in [0.2, 0.25) is 5.28 Å². The van der Waals surface area contributed by atoms with Crippen LogP contribution >= 0.6 is 35.0 Å². The number of esters is 1. The molecule has 50 heavy (non-hydrogen) atoms. The van der Waals surface area contributed by atoms with E-state index in [-0.39, 0.29) is 34.6 Å². The Morgan fingerprint density at radius 1 is 1.08 bits per heavy atom. The van der Waals surface area contributed by atoms with Crippen LogP contribution in [0.5, 0.6) is 5.75 Å². The van der Waals surface area contributed by atoms with Crippen LogP contribution in [0.15, 0.2) is 67.0 Å². The van der Waals surface area contributed by atoms with Crippen LogP contribution in [0.3, 0.4) is 0 Å². The number of nitrogens with one attached hydrogen (secondary N) is 1. The second-order valence-corrected chi connectivity index (χ2v) is 15.7. The number of nitrogen functional groups attached to an aromatic ring is 1. The zero-order valence-electron chi connectivity index (χ0n) is 25.5. The minimum atomic E-state index is -5.87. The van der Waals surface area contributed by atoms with Gasteiger partial charge in [-0.15, -0.1) is 0 Å². The summed E-state index contributed by atoms with van der Waals surface area (Å²) >= 11 is 5.84. The third-order valence-electron chi connectivity index (χ3n) is 6.71. The number of ether oxygens (including phenoxy) is 2. The van der Waals surface area contributed by atoms with Gasteiger partial charge in [-0.1, -0.05) is 48.5 Å². The molecule has 1 fully saturated rings. The summed E-state index contributed by atoms with van der Waals surface area (Å²) in [6.45, 7) is -0.0536. The molecule has 19 nitrogen and oxygen atoms in total. The first kappa shape index (κ1) is 37.9. The summed E-state index contributed by atoms with van der Waals surface area (Å²) in [5.74, 6) is -1.25. The number of aromatic nitrogens is 4. The first-order valence-electron chi connectivity index (χ1n) is 14.2. The van der Waals surface area contributed by atoms with E-state index in [4.69, 9.17) is 40.2 Å². The number of phosphoric ester groups is 1. The quantitative estimate of drug-likeness (QED) is 0.0652. The van der Waals surface area contributed by atoms with E-state index >= 15 is 4.39 Å². The molecule has 4 aromatic rings. The standard InChI is InChI=1S/C26H29ClFN6O13P3/c1-15(25(36)42-12-16-8-4-2-5-9-16)33-48(37,45-17-10-6-3-7-11-17)46-50(40,41)47-49(38,39)43-13-18-21(35)19(28)24(44-18)34-14-30-20-22(29)31-26(27)32-23(20)34/h2-11,14-15,18-19,21,24,35H,12-13H2,1H3,(H,33,37)(H,38,39)(H,40,41)(H2,29,31,32)/t15?,18-,19+,21-,24-,48?/m1/s1. The molecule has 0 saturated carbocycles. The van der Waals surface area contributed by atoms with Gasteiger partial charge in [0.2, 0.25) is 5.28 Å². The number of hydrogen-bond donors (Lipinski definition) is 5. The fourth-order valence-electron chi connectivity index (χ4n) is 4.46. The highest BCUT2D eigenvalue weighted by Crippen LogP contribution is 2.67. The molecule has 4 unspecified atom stereocenters. The van der Waals surface area contributed by atoms with Gasteiger partial charge in [-0.2, -0.15) is 23.7 Å². The topological polar surface area (TPSA) is 266 Å².